The van der Waals surface area contributed by atoms with Crippen molar-refractivity contribution in [2.24, 2.45) is 7.05 Å². The molecule has 2 rings (SSSR count). The lowest BCUT2D eigenvalue weighted by atomic mass is 10.2. The summed E-state index contributed by atoms with van der Waals surface area (Å²) in [5, 5.41) is 7.29. The van der Waals surface area contributed by atoms with Gasteiger partial charge in [-0.2, -0.15) is 9.40 Å². The standard InChI is InChI=1S/C10H18N4O2S/c1-3-6-14(9-7-11-8-9)17(15,16)10-4-5-12-13(10)2/h4-5,9,11H,3,6-8H2,1-2H3. The van der Waals surface area contributed by atoms with Crippen LogP contribution in [0.4, 0.5) is 0 Å². The summed E-state index contributed by atoms with van der Waals surface area (Å²) in [6, 6.07) is 1.62. The van der Waals surface area contributed by atoms with Gasteiger partial charge in [-0.1, -0.05) is 6.92 Å². The van der Waals surface area contributed by atoms with E-state index in [9.17, 15) is 8.42 Å². The van der Waals surface area contributed by atoms with Crippen LogP contribution in [-0.4, -0.2) is 48.2 Å². The zero-order valence-corrected chi connectivity index (χ0v) is 10.9. The fourth-order valence-electron chi connectivity index (χ4n) is 1.93. The molecule has 1 fully saturated rings. The van der Waals surface area contributed by atoms with Gasteiger partial charge in [0.05, 0.1) is 12.2 Å². The van der Waals surface area contributed by atoms with Gasteiger partial charge < -0.3 is 5.32 Å². The molecular weight excluding hydrogens is 240 g/mol. The number of nitrogens with zero attached hydrogens (tertiary/aromatic N) is 3. The van der Waals surface area contributed by atoms with Crippen LogP contribution in [0.15, 0.2) is 17.3 Å². The summed E-state index contributed by atoms with van der Waals surface area (Å²) < 4.78 is 27.9. The number of aromatic nitrogens is 2. The fourth-order valence-corrected chi connectivity index (χ4v) is 3.75. The first-order chi connectivity index (χ1) is 8.07. The molecule has 1 aliphatic heterocycles. The maximum atomic E-state index is 12.5. The van der Waals surface area contributed by atoms with E-state index in [1.54, 1.807) is 17.4 Å². The Morgan fingerprint density at radius 1 is 1.59 bits per heavy atom. The molecule has 0 aromatic carbocycles. The van der Waals surface area contributed by atoms with Crippen molar-refractivity contribution in [3.05, 3.63) is 12.3 Å². The zero-order chi connectivity index (χ0) is 12.5. The SMILES string of the molecule is CCCN(C1CNC1)S(=O)(=O)c1ccnn1C. The Hall–Kier alpha value is -0.920. The minimum absolute atomic E-state index is 0.0786. The van der Waals surface area contributed by atoms with Gasteiger partial charge in [0.2, 0.25) is 0 Å². The molecule has 0 saturated carbocycles. The third kappa shape index (κ3) is 2.22. The highest BCUT2D eigenvalue weighted by atomic mass is 32.2. The summed E-state index contributed by atoms with van der Waals surface area (Å²) in [6.45, 7) is 4.01. The van der Waals surface area contributed by atoms with E-state index in [1.165, 1.54) is 10.9 Å². The van der Waals surface area contributed by atoms with Crippen molar-refractivity contribution in [1.29, 1.82) is 0 Å². The van der Waals surface area contributed by atoms with Gasteiger partial charge in [-0.05, 0) is 12.5 Å². The summed E-state index contributed by atoms with van der Waals surface area (Å²) in [6.07, 6.45) is 2.32. The van der Waals surface area contributed by atoms with E-state index in [0.717, 1.165) is 19.5 Å². The molecule has 2 heterocycles. The average Bonchev–Trinajstić information content (AvgIpc) is 2.61. The topological polar surface area (TPSA) is 67.2 Å². The van der Waals surface area contributed by atoms with Gasteiger partial charge in [0.1, 0.15) is 0 Å². The molecule has 1 N–H and O–H groups in total. The van der Waals surface area contributed by atoms with Crippen molar-refractivity contribution in [1.82, 2.24) is 19.4 Å². The molecule has 0 atom stereocenters. The molecule has 1 aromatic heterocycles. The van der Waals surface area contributed by atoms with Crippen LogP contribution < -0.4 is 5.32 Å². The molecule has 17 heavy (non-hydrogen) atoms. The summed E-state index contributed by atoms with van der Waals surface area (Å²) in [4.78, 5) is 0. The van der Waals surface area contributed by atoms with Gasteiger partial charge in [-0.3, -0.25) is 4.68 Å². The smallest absolute Gasteiger partial charge is 0.260 e. The Labute approximate surface area is 102 Å². The monoisotopic (exact) mass is 258 g/mol. The molecule has 0 spiro atoms. The minimum Gasteiger partial charge on any atom is -0.313 e. The molecule has 1 aliphatic rings. The quantitative estimate of drug-likeness (QED) is 0.794. The van der Waals surface area contributed by atoms with Gasteiger partial charge in [0.15, 0.2) is 5.03 Å². The number of hydrogen-bond acceptors (Lipinski definition) is 4. The Kier molecular flexibility index (Phi) is 3.50. The van der Waals surface area contributed by atoms with Crippen LogP contribution in [0.3, 0.4) is 0 Å². The second kappa shape index (κ2) is 4.75. The van der Waals surface area contributed by atoms with Gasteiger partial charge in [0, 0.05) is 26.7 Å². The first kappa shape index (κ1) is 12.5. The van der Waals surface area contributed by atoms with E-state index in [1.807, 2.05) is 6.92 Å². The molecule has 7 heteroatoms. The predicted octanol–water partition coefficient (Wildman–Crippen LogP) is -0.207. The van der Waals surface area contributed by atoms with Crippen LogP contribution in [0.1, 0.15) is 13.3 Å². The summed E-state index contributed by atoms with van der Waals surface area (Å²) >= 11 is 0. The normalized spacial score (nSPS) is 17.4. The van der Waals surface area contributed by atoms with Crippen LogP contribution in [0, 0.1) is 0 Å². The van der Waals surface area contributed by atoms with Crippen molar-refractivity contribution >= 4 is 10.0 Å². The number of rotatable bonds is 5. The molecule has 0 radical (unpaired) electrons. The second-order valence-electron chi connectivity index (χ2n) is 4.22. The Balaban J connectivity index is 2.31. The fraction of sp³-hybridized carbons (Fsp3) is 0.700. The maximum Gasteiger partial charge on any atom is 0.260 e. The van der Waals surface area contributed by atoms with Crippen LogP contribution in [0.25, 0.3) is 0 Å². The van der Waals surface area contributed by atoms with Crippen LogP contribution in [-0.2, 0) is 17.1 Å². The van der Waals surface area contributed by atoms with Crippen LogP contribution in [0.5, 0.6) is 0 Å². The lowest BCUT2D eigenvalue weighted by Crippen LogP contribution is -2.59. The van der Waals surface area contributed by atoms with E-state index >= 15 is 0 Å². The number of sulfonamides is 1. The molecule has 0 bridgehead atoms. The van der Waals surface area contributed by atoms with E-state index < -0.39 is 10.0 Å². The summed E-state index contributed by atoms with van der Waals surface area (Å²) in [5.41, 5.74) is 0. The molecule has 1 aromatic rings. The number of aryl methyl sites for hydroxylation is 1. The number of hydrogen-bond donors (Lipinski definition) is 1. The van der Waals surface area contributed by atoms with Crippen LogP contribution >= 0.6 is 0 Å². The van der Waals surface area contributed by atoms with E-state index in [0.29, 0.717) is 6.54 Å². The lowest BCUT2D eigenvalue weighted by Gasteiger charge is -2.36. The third-order valence-electron chi connectivity index (χ3n) is 2.96. The molecule has 6 nitrogen and oxygen atoms in total. The molecule has 0 aliphatic carbocycles. The third-order valence-corrected chi connectivity index (χ3v) is 4.99. The molecule has 96 valence electrons. The Morgan fingerprint density at radius 3 is 2.71 bits per heavy atom. The summed E-state index contributed by atoms with van der Waals surface area (Å²) in [7, 11) is -1.77. The van der Waals surface area contributed by atoms with Crippen molar-refractivity contribution in [2.45, 2.75) is 24.4 Å². The Morgan fingerprint density at radius 2 is 2.29 bits per heavy atom. The van der Waals surface area contributed by atoms with Crippen molar-refractivity contribution < 1.29 is 8.42 Å². The van der Waals surface area contributed by atoms with Gasteiger partial charge in [0.25, 0.3) is 10.0 Å². The van der Waals surface area contributed by atoms with Crippen molar-refractivity contribution in [3.63, 3.8) is 0 Å². The maximum absolute atomic E-state index is 12.5. The molecular formula is C10H18N4O2S. The highest BCUT2D eigenvalue weighted by Crippen LogP contribution is 2.19. The van der Waals surface area contributed by atoms with Crippen molar-refractivity contribution in [2.75, 3.05) is 19.6 Å². The Bertz CT molecular complexity index is 478. The van der Waals surface area contributed by atoms with Gasteiger partial charge in [-0.15, -0.1) is 0 Å². The average molecular weight is 258 g/mol. The summed E-state index contributed by atoms with van der Waals surface area (Å²) in [5.74, 6) is 0. The van der Waals surface area contributed by atoms with Crippen LogP contribution in [0.2, 0.25) is 0 Å². The lowest BCUT2D eigenvalue weighted by molar-refractivity contribution is 0.240. The van der Waals surface area contributed by atoms with Gasteiger partial charge in [-0.25, -0.2) is 8.42 Å². The molecule has 0 unspecified atom stereocenters. The molecule has 1 saturated heterocycles. The first-order valence-corrected chi connectivity index (χ1v) is 7.22. The van der Waals surface area contributed by atoms with Crippen molar-refractivity contribution in [3.8, 4) is 0 Å². The van der Waals surface area contributed by atoms with Gasteiger partial charge >= 0.3 is 0 Å². The highest BCUT2D eigenvalue weighted by molar-refractivity contribution is 7.89. The van der Waals surface area contributed by atoms with E-state index in [4.69, 9.17) is 0 Å². The second-order valence-corrected chi connectivity index (χ2v) is 6.06. The zero-order valence-electron chi connectivity index (χ0n) is 10.1. The largest absolute Gasteiger partial charge is 0.313 e. The predicted molar refractivity (Wildman–Crippen MR) is 64.0 cm³/mol. The first-order valence-electron chi connectivity index (χ1n) is 5.78. The number of nitrogens with one attached hydrogen (secondary N) is 1. The van der Waals surface area contributed by atoms with E-state index in [2.05, 4.69) is 10.4 Å². The van der Waals surface area contributed by atoms with E-state index in [-0.39, 0.29) is 11.1 Å². The minimum atomic E-state index is -3.42. The highest BCUT2D eigenvalue weighted by Gasteiger charge is 2.35. The molecule has 0 amide bonds.